The molecule has 4 N–H and O–H groups in total. The Balaban J connectivity index is 1.89. The second-order valence-corrected chi connectivity index (χ2v) is 11.2. The molecule has 0 bridgehead atoms. The van der Waals surface area contributed by atoms with Gasteiger partial charge in [-0.3, -0.25) is 28.7 Å². The number of amides is 2. The second kappa shape index (κ2) is 20.0. The van der Waals surface area contributed by atoms with Crippen LogP contribution < -0.4 is 10.6 Å². The molecule has 45 heavy (non-hydrogen) atoms. The highest BCUT2D eigenvalue weighted by molar-refractivity contribution is 5.95. The van der Waals surface area contributed by atoms with E-state index in [1.54, 1.807) is 12.1 Å². The second-order valence-electron chi connectivity index (χ2n) is 11.2. The molecule has 3 atom stereocenters. The monoisotopic (exact) mass is 633 g/mol. The lowest BCUT2D eigenvalue weighted by atomic mass is 9.88. The number of ketones is 2. The SMILES string of the molecule is [3H]c1cn(CCOCCOCCCC(=O)[C@H](CC(=O)O)NC(=O)[C@H](CC(=O)[C@H](Cc2ccc(O)cc2)NC(C)=O)CC(C)C)nn1. The van der Waals surface area contributed by atoms with Crippen molar-refractivity contribution in [2.24, 2.45) is 11.8 Å². The summed E-state index contributed by atoms with van der Waals surface area (Å²) in [7, 11) is 0. The third kappa shape index (κ3) is 15.4. The van der Waals surface area contributed by atoms with Crippen molar-refractivity contribution in [3.63, 3.8) is 0 Å². The minimum Gasteiger partial charge on any atom is -0.508 e. The molecule has 0 spiro atoms. The minimum absolute atomic E-state index is 0.00767. The number of carbonyl (C=O) groups is 5. The Morgan fingerprint density at radius 2 is 1.64 bits per heavy atom. The van der Waals surface area contributed by atoms with Gasteiger partial charge in [-0.1, -0.05) is 31.2 Å². The number of phenolic OH excluding ortho intramolecular Hbond substituents is 1. The number of carboxylic acids is 1. The Bertz CT molecular complexity index is 1290. The number of nitrogens with zero attached hydrogens (tertiary/aromatic N) is 3. The van der Waals surface area contributed by atoms with Gasteiger partial charge in [0.1, 0.15) is 5.75 Å². The number of benzene rings is 1. The molecule has 14 nitrogen and oxygen atoms in total. The maximum Gasteiger partial charge on any atom is 0.305 e. The smallest absolute Gasteiger partial charge is 0.305 e. The van der Waals surface area contributed by atoms with Crippen molar-refractivity contribution in [2.45, 2.75) is 77.9 Å². The minimum atomic E-state index is -1.28. The Labute approximate surface area is 264 Å². The van der Waals surface area contributed by atoms with Crippen LogP contribution in [0.3, 0.4) is 0 Å². The van der Waals surface area contributed by atoms with E-state index in [4.69, 9.17) is 10.8 Å². The van der Waals surface area contributed by atoms with E-state index in [1.165, 1.54) is 29.9 Å². The van der Waals surface area contributed by atoms with E-state index < -0.39 is 48.0 Å². The molecule has 248 valence electrons. The molecule has 0 fully saturated rings. The zero-order valence-electron chi connectivity index (χ0n) is 27.1. The number of carboxylic acid groups (broad SMARTS) is 1. The van der Waals surface area contributed by atoms with E-state index in [0.29, 0.717) is 38.2 Å². The molecule has 1 aromatic heterocycles. The van der Waals surface area contributed by atoms with Crippen molar-refractivity contribution in [3.05, 3.63) is 42.2 Å². The molecule has 0 saturated carbocycles. The molecule has 0 saturated heterocycles. The fourth-order valence-corrected chi connectivity index (χ4v) is 4.62. The summed E-state index contributed by atoms with van der Waals surface area (Å²) in [6.45, 7) is 6.66. The van der Waals surface area contributed by atoms with Gasteiger partial charge in [0.15, 0.2) is 11.6 Å². The molecule has 0 aliphatic rings. The zero-order valence-corrected chi connectivity index (χ0v) is 26.1. The number of hydrogen-bond donors (Lipinski definition) is 4. The lowest BCUT2D eigenvalue weighted by Crippen LogP contribution is -2.47. The molecule has 1 heterocycles. The van der Waals surface area contributed by atoms with Crippen LogP contribution in [0.5, 0.6) is 5.75 Å². The molecule has 1 aromatic carbocycles. The van der Waals surface area contributed by atoms with Gasteiger partial charge in [0.2, 0.25) is 11.8 Å². The third-order valence-corrected chi connectivity index (χ3v) is 6.77. The van der Waals surface area contributed by atoms with Crippen LogP contribution >= 0.6 is 0 Å². The molecule has 2 amide bonds. The van der Waals surface area contributed by atoms with Crippen LogP contribution in [0.25, 0.3) is 0 Å². The number of Topliss-reactive ketones (excluding diaryl/α,β-unsaturated/α-hetero) is 2. The van der Waals surface area contributed by atoms with Gasteiger partial charge in [0.05, 0.1) is 52.4 Å². The van der Waals surface area contributed by atoms with Gasteiger partial charge in [0, 0.05) is 38.5 Å². The fraction of sp³-hybridized carbons (Fsp3) is 0.581. The van der Waals surface area contributed by atoms with Gasteiger partial charge in [-0.05, 0) is 42.9 Å². The Morgan fingerprint density at radius 3 is 2.24 bits per heavy atom. The summed E-state index contributed by atoms with van der Waals surface area (Å²) in [5.41, 5.74) is 0.700. The van der Waals surface area contributed by atoms with Crippen LogP contribution in [-0.4, -0.2) is 93.1 Å². The summed E-state index contributed by atoms with van der Waals surface area (Å²) in [5.74, 6) is -3.91. The highest BCUT2D eigenvalue weighted by Gasteiger charge is 2.31. The first kappa shape index (κ1) is 35.3. The van der Waals surface area contributed by atoms with Gasteiger partial charge in [-0.2, -0.15) is 0 Å². The fourth-order valence-electron chi connectivity index (χ4n) is 4.62. The number of rotatable bonds is 23. The van der Waals surface area contributed by atoms with E-state index >= 15 is 0 Å². The lowest BCUT2D eigenvalue weighted by molar-refractivity contribution is -0.141. The van der Waals surface area contributed by atoms with E-state index in [9.17, 15) is 34.2 Å². The van der Waals surface area contributed by atoms with Crippen LogP contribution in [0.2, 0.25) is 0 Å². The number of ether oxygens (including phenoxy) is 2. The molecule has 2 rings (SSSR count). The molecular formula is C31H45N5O9. The summed E-state index contributed by atoms with van der Waals surface area (Å²) >= 11 is 0. The zero-order chi connectivity index (χ0) is 34.1. The average Bonchev–Trinajstić information content (AvgIpc) is 3.40. The standard InChI is InChI=1S/C31H45N5O9/c1-21(2)17-24(19-29(40)26(33-22(3)37)18-23-6-8-25(38)9-7-23)31(43)34-27(20-30(41)42)28(39)5-4-13-44-15-16-45-14-12-36-11-10-32-35-36/h6-11,21,24,26-27,38H,4-5,12-20H2,1-3H3,(H,33,37)(H,34,43)(H,41,42)/t24-,26-,27-/m0/s1/i10T. The van der Waals surface area contributed by atoms with Gasteiger partial charge >= 0.3 is 5.97 Å². The maximum absolute atomic E-state index is 13.4. The molecule has 0 radical (unpaired) electrons. The summed E-state index contributed by atoms with van der Waals surface area (Å²) in [6, 6.07) is 4.02. The van der Waals surface area contributed by atoms with Crippen molar-refractivity contribution in [2.75, 3.05) is 26.4 Å². The summed E-state index contributed by atoms with van der Waals surface area (Å²) in [4.78, 5) is 63.0. The number of aromatic hydroxyl groups is 1. The molecule has 0 aliphatic heterocycles. The van der Waals surface area contributed by atoms with E-state index in [1.807, 2.05) is 13.8 Å². The number of aromatic nitrogens is 3. The predicted octanol–water partition coefficient (Wildman–Crippen LogP) is 1.69. The first-order chi connectivity index (χ1) is 21.8. The van der Waals surface area contributed by atoms with Gasteiger partial charge < -0.3 is 30.3 Å². The number of carbonyl (C=O) groups excluding carboxylic acids is 4. The third-order valence-electron chi connectivity index (χ3n) is 6.77. The first-order valence-corrected chi connectivity index (χ1v) is 15.0. The highest BCUT2D eigenvalue weighted by Crippen LogP contribution is 2.20. The van der Waals surface area contributed by atoms with Crippen LogP contribution in [0.4, 0.5) is 0 Å². The lowest BCUT2D eigenvalue weighted by Gasteiger charge is -2.24. The normalized spacial score (nSPS) is 13.5. The molecule has 2 aromatic rings. The van der Waals surface area contributed by atoms with Gasteiger partial charge in [-0.15, -0.1) is 5.10 Å². The molecule has 14 heteroatoms. The molecule has 0 aliphatic carbocycles. The van der Waals surface area contributed by atoms with Gasteiger partial charge in [0.25, 0.3) is 0 Å². The first-order valence-electron chi connectivity index (χ1n) is 15.5. The number of aliphatic carboxylic acids is 1. The van der Waals surface area contributed by atoms with Gasteiger partial charge in [-0.25, -0.2) is 0 Å². The largest absolute Gasteiger partial charge is 0.508 e. The van der Waals surface area contributed by atoms with Crippen molar-refractivity contribution >= 4 is 29.4 Å². The Kier molecular flexibility index (Phi) is 15.7. The summed E-state index contributed by atoms with van der Waals surface area (Å²) < 4.78 is 19.7. The van der Waals surface area contributed by atoms with Crippen molar-refractivity contribution in [1.82, 2.24) is 25.6 Å². The van der Waals surface area contributed by atoms with Crippen LogP contribution in [-0.2, 0) is 46.4 Å². The number of nitrogens with one attached hydrogen (secondary N) is 2. The number of hydrogen-bond acceptors (Lipinski definition) is 10. The summed E-state index contributed by atoms with van der Waals surface area (Å²) in [6.07, 6.45) is 1.46. The van der Waals surface area contributed by atoms with E-state index in [2.05, 4.69) is 20.9 Å². The van der Waals surface area contributed by atoms with Crippen LogP contribution in [0.1, 0.15) is 59.8 Å². The average molecular weight is 634 g/mol. The predicted molar refractivity (Wildman–Crippen MR) is 162 cm³/mol. The molecular weight excluding hydrogens is 586 g/mol. The topological polar surface area (TPSA) is 199 Å². The maximum atomic E-state index is 13.4. The summed E-state index contributed by atoms with van der Waals surface area (Å²) in [5, 5.41) is 31.5. The number of phenols is 1. The molecule has 0 unspecified atom stereocenters. The van der Waals surface area contributed by atoms with E-state index in [0.717, 1.165) is 0 Å². The van der Waals surface area contributed by atoms with Crippen molar-refractivity contribution in [3.8, 4) is 5.75 Å². The van der Waals surface area contributed by atoms with E-state index in [-0.39, 0.29) is 56.1 Å². The van der Waals surface area contributed by atoms with Crippen molar-refractivity contribution in [1.29, 1.82) is 0 Å². The Morgan fingerprint density at radius 1 is 0.956 bits per heavy atom. The Hall–Kier alpha value is -4.17. The van der Waals surface area contributed by atoms with Crippen LogP contribution in [0, 0.1) is 11.8 Å². The van der Waals surface area contributed by atoms with Crippen molar-refractivity contribution < 1.29 is 45.0 Å². The van der Waals surface area contributed by atoms with Crippen LogP contribution in [0.15, 0.2) is 36.6 Å². The quantitative estimate of drug-likeness (QED) is 0.130. The highest BCUT2D eigenvalue weighted by atomic mass is 16.5.